The highest BCUT2D eigenvalue weighted by Gasteiger charge is 2.35. The molecule has 2 atom stereocenters. The number of pyridine rings is 1. The monoisotopic (exact) mass is 427 g/mol. The second-order valence-corrected chi connectivity index (χ2v) is 9.69. The average molecular weight is 428 g/mol. The van der Waals surface area contributed by atoms with Gasteiger partial charge in [-0.05, 0) is 55.5 Å². The van der Waals surface area contributed by atoms with E-state index < -0.39 is 0 Å². The van der Waals surface area contributed by atoms with E-state index in [0.29, 0.717) is 17.6 Å². The van der Waals surface area contributed by atoms with Gasteiger partial charge in [-0.3, -0.25) is 9.59 Å². The van der Waals surface area contributed by atoms with Crippen molar-refractivity contribution in [3.63, 3.8) is 0 Å². The van der Waals surface area contributed by atoms with Crippen molar-refractivity contribution in [3.05, 3.63) is 63.6 Å². The number of nitrogens with zero attached hydrogens (tertiary/aromatic N) is 2. The minimum Gasteiger partial charge on any atom is -0.356 e. The molecule has 0 saturated carbocycles. The quantitative estimate of drug-likeness (QED) is 0.760. The number of amides is 1. The number of hydrogen-bond donors (Lipinski definition) is 1. The number of carbonyl (C=O) groups is 1. The molecule has 1 aromatic heterocycles. The molecule has 2 aliphatic rings. The van der Waals surface area contributed by atoms with Crippen molar-refractivity contribution in [2.24, 2.45) is 5.92 Å². The van der Waals surface area contributed by atoms with Gasteiger partial charge in [0.1, 0.15) is 4.32 Å². The molecule has 3 heterocycles. The van der Waals surface area contributed by atoms with Gasteiger partial charge in [-0.2, -0.15) is 0 Å². The molecule has 0 unspecified atom stereocenters. The number of piperidine rings is 1. The van der Waals surface area contributed by atoms with E-state index in [4.69, 9.17) is 12.2 Å². The van der Waals surface area contributed by atoms with Crippen LogP contribution in [-0.4, -0.2) is 38.5 Å². The van der Waals surface area contributed by atoms with Crippen LogP contribution in [0.25, 0.3) is 0 Å². The highest BCUT2D eigenvalue weighted by atomic mass is 32.2. The zero-order valence-corrected chi connectivity index (χ0v) is 18.3. The summed E-state index contributed by atoms with van der Waals surface area (Å²) in [6, 6.07) is 11.6. The molecular weight excluding hydrogens is 402 g/mol. The predicted octanol–water partition coefficient (Wildman–Crippen LogP) is 3.54. The molecule has 0 aliphatic carbocycles. The minimum absolute atomic E-state index is 0.0450. The van der Waals surface area contributed by atoms with Crippen LogP contribution in [-0.2, 0) is 11.3 Å². The Morgan fingerprint density at radius 1 is 1.17 bits per heavy atom. The second kappa shape index (κ2) is 8.32. The van der Waals surface area contributed by atoms with E-state index in [1.807, 2.05) is 36.6 Å². The normalized spacial score (nSPS) is 20.1. The Morgan fingerprint density at radius 2 is 1.93 bits per heavy atom. The van der Waals surface area contributed by atoms with E-state index in [1.54, 1.807) is 6.07 Å². The highest BCUT2D eigenvalue weighted by molar-refractivity contribution is 8.23. The maximum atomic E-state index is 12.4. The predicted molar refractivity (Wildman–Crippen MR) is 123 cm³/mol. The van der Waals surface area contributed by atoms with Crippen molar-refractivity contribution < 1.29 is 4.79 Å². The van der Waals surface area contributed by atoms with E-state index in [9.17, 15) is 9.59 Å². The molecule has 1 fully saturated rings. The molecule has 7 heteroatoms. The first-order chi connectivity index (χ1) is 13.9. The molecule has 2 aliphatic heterocycles. The number of likely N-dealkylation sites (tertiary alicyclic amines) is 1. The lowest BCUT2D eigenvalue weighted by atomic mass is 9.83. The van der Waals surface area contributed by atoms with Crippen LogP contribution in [0.1, 0.15) is 29.2 Å². The van der Waals surface area contributed by atoms with Gasteiger partial charge in [0, 0.05) is 43.0 Å². The van der Waals surface area contributed by atoms with E-state index in [0.717, 1.165) is 52.9 Å². The summed E-state index contributed by atoms with van der Waals surface area (Å²) in [6.45, 7) is 6.45. The molecule has 1 N–H and O–H groups in total. The number of thiocarbonyl (C=S) groups is 1. The number of aryl methyl sites for hydroxylation is 2. The van der Waals surface area contributed by atoms with E-state index in [-0.39, 0.29) is 11.5 Å². The Hall–Kier alpha value is -2.12. The fourth-order valence-electron chi connectivity index (χ4n) is 4.51. The zero-order chi connectivity index (χ0) is 20.5. The topological polar surface area (TPSA) is 54.3 Å². The number of rotatable bonds is 3. The van der Waals surface area contributed by atoms with Crippen LogP contribution in [0.2, 0.25) is 0 Å². The van der Waals surface area contributed by atoms with Crippen LogP contribution >= 0.6 is 24.0 Å². The van der Waals surface area contributed by atoms with Crippen LogP contribution in [0, 0.1) is 19.8 Å². The molecule has 2 aromatic rings. The summed E-state index contributed by atoms with van der Waals surface area (Å²) in [4.78, 5) is 26.7. The fourth-order valence-corrected chi connectivity index (χ4v) is 5.49. The molecule has 0 radical (unpaired) electrons. The van der Waals surface area contributed by atoms with Gasteiger partial charge in [-0.25, -0.2) is 0 Å². The number of fused-ring (bicyclic) bond motifs is 4. The van der Waals surface area contributed by atoms with Gasteiger partial charge < -0.3 is 14.8 Å². The Bertz CT molecular complexity index is 997. The number of aromatic nitrogens is 1. The maximum Gasteiger partial charge on any atom is 0.250 e. The van der Waals surface area contributed by atoms with Gasteiger partial charge >= 0.3 is 0 Å². The molecule has 4 rings (SSSR count). The van der Waals surface area contributed by atoms with Crippen molar-refractivity contribution in [1.82, 2.24) is 9.47 Å². The first kappa shape index (κ1) is 20.2. The number of anilines is 1. The SMILES string of the molecule is Cc1cc(C)cc(NC(=O)CSC(=S)N2C[C@@H]3C[C@H](C2)c2cccc(=O)n2C3)c1. The minimum atomic E-state index is -0.0450. The lowest BCUT2D eigenvalue weighted by Gasteiger charge is -2.43. The van der Waals surface area contributed by atoms with Crippen molar-refractivity contribution in [2.45, 2.75) is 32.7 Å². The molecule has 1 amide bonds. The Labute approximate surface area is 180 Å². The highest BCUT2D eigenvalue weighted by Crippen LogP contribution is 2.36. The second-order valence-electron chi connectivity index (χ2n) is 8.08. The first-order valence-electron chi connectivity index (χ1n) is 9.88. The molecular formula is C22H25N3O2S2. The molecule has 0 spiro atoms. The van der Waals surface area contributed by atoms with Crippen molar-refractivity contribution >= 4 is 39.9 Å². The smallest absolute Gasteiger partial charge is 0.250 e. The Balaban J connectivity index is 1.35. The lowest BCUT2D eigenvalue weighted by molar-refractivity contribution is -0.113. The molecule has 1 saturated heterocycles. The van der Waals surface area contributed by atoms with Gasteiger partial charge in [0.05, 0.1) is 5.75 Å². The van der Waals surface area contributed by atoms with Crippen LogP contribution in [0.3, 0.4) is 0 Å². The largest absolute Gasteiger partial charge is 0.356 e. The fraction of sp³-hybridized carbons (Fsp3) is 0.409. The van der Waals surface area contributed by atoms with E-state index in [1.165, 1.54) is 11.8 Å². The van der Waals surface area contributed by atoms with Gasteiger partial charge in [-0.1, -0.05) is 36.1 Å². The molecule has 1 aromatic carbocycles. The molecule has 152 valence electrons. The van der Waals surface area contributed by atoms with Gasteiger partial charge in [0.25, 0.3) is 5.56 Å². The number of carbonyl (C=O) groups excluding carboxylic acids is 1. The zero-order valence-electron chi connectivity index (χ0n) is 16.7. The van der Waals surface area contributed by atoms with Gasteiger partial charge in [0.15, 0.2) is 0 Å². The standard InChI is InChI=1S/C22H25N3O2S2/c1-14-6-15(2)8-18(7-14)23-20(26)13-29-22(28)24-10-16-9-17(12-24)19-4-3-5-21(27)25(19)11-16/h3-8,16-17H,9-13H2,1-2H3,(H,23,26)/t16-,17+/m0/s1. The summed E-state index contributed by atoms with van der Waals surface area (Å²) < 4.78 is 2.69. The van der Waals surface area contributed by atoms with Crippen LogP contribution < -0.4 is 10.9 Å². The van der Waals surface area contributed by atoms with Gasteiger partial charge in [0.2, 0.25) is 5.91 Å². The summed E-state index contributed by atoms with van der Waals surface area (Å²) in [5.74, 6) is 0.993. The third-order valence-electron chi connectivity index (χ3n) is 5.57. The summed E-state index contributed by atoms with van der Waals surface area (Å²) >= 11 is 7.06. The van der Waals surface area contributed by atoms with Crippen molar-refractivity contribution in [3.8, 4) is 0 Å². The summed E-state index contributed by atoms with van der Waals surface area (Å²) in [5.41, 5.74) is 4.28. The Morgan fingerprint density at radius 3 is 2.69 bits per heavy atom. The number of benzene rings is 1. The van der Waals surface area contributed by atoms with Crippen molar-refractivity contribution in [1.29, 1.82) is 0 Å². The number of thioether (sulfide) groups is 1. The first-order valence-corrected chi connectivity index (χ1v) is 11.3. The third-order valence-corrected chi connectivity index (χ3v) is 7.09. The third kappa shape index (κ3) is 4.56. The Kier molecular flexibility index (Phi) is 5.79. The summed E-state index contributed by atoms with van der Waals surface area (Å²) in [6.07, 6.45) is 1.10. The molecule has 29 heavy (non-hydrogen) atoms. The maximum absolute atomic E-state index is 12.4. The van der Waals surface area contributed by atoms with E-state index >= 15 is 0 Å². The van der Waals surface area contributed by atoms with Crippen LogP contribution in [0.4, 0.5) is 5.69 Å². The summed E-state index contributed by atoms with van der Waals surface area (Å²) in [5, 5.41) is 2.97. The van der Waals surface area contributed by atoms with Crippen molar-refractivity contribution in [2.75, 3.05) is 24.2 Å². The molecule has 5 nitrogen and oxygen atoms in total. The van der Waals surface area contributed by atoms with E-state index in [2.05, 4.69) is 22.3 Å². The number of nitrogens with one attached hydrogen (secondary N) is 1. The lowest BCUT2D eigenvalue weighted by Crippen LogP contribution is -2.48. The molecule has 2 bridgehead atoms. The van der Waals surface area contributed by atoms with Gasteiger partial charge in [-0.15, -0.1) is 0 Å². The van der Waals surface area contributed by atoms with Crippen LogP contribution in [0.5, 0.6) is 0 Å². The van der Waals surface area contributed by atoms with Crippen LogP contribution in [0.15, 0.2) is 41.2 Å². The summed E-state index contributed by atoms with van der Waals surface area (Å²) in [7, 11) is 0. The average Bonchev–Trinajstić information content (AvgIpc) is 2.66. The number of hydrogen-bond acceptors (Lipinski definition) is 4.